The molecule has 0 fully saturated rings. The average Bonchev–Trinajstić information content (AvgIpc) is 2.96. The number of fused-ring (bicyclic) bond motifs is 2. The molecule has 8 heteroatoms. The van der Waals surface area contributed by atoms with E-state index in [2.05, 4.69) is 5.32 Å². The molecule has 0 bridgehead atoms. The molecule has 0 spiro atoms. The Morgan fingerprint density at radius 3 is 2.85 bits per heavy atom. The van der Waals surface area contributed by atoms with E-state index in [1.165, 1.54) is 12.1 Å². The predicted octanol–water partition coefficient (Wildman–Crippen LogP) is 4.29. The first-order chi connectivity index (χ1) is 16.0. The largest absolute Gasteiger partial charge is 0.488 e. The number of aromatic nitrogens is 3. The van der Waals surface area contributed by atoms with Crippen LogP contribution in [0.1, 0.15) is 40.2 Å². The number of hydrogen-bond acceptors (Lipinski definition) is 5. The molecule has 3 N–H and O–H groups in total. The zero-order valence-corrected chi connectivity index (χ0v) is 18.3. The number of primary amides is 1. The maximum atomic E-state index is 13.6. The van der Waals surface area contributed by atoms with Gasteiger partial charge in [0.25, 0.3) is 0 Å². The summed E-state index contributed by atoms with van der Waals surface area (Å²) in [5.74, 6) is 0.919. The molecule has 0 saturated heterocycles. The number of rotatable bonds is 5. The van der Waals surface area contributed by atoms with E-state index in [1.54, 1.807) is 18.2 Å². The lowest BCUT2D eigenvalue weighted by Gasteiger charge is -2.16. The molecule has 0 aliphatic carbocycles. The monoisotopic (exact) mass is 445 g/mol. The minimum absolute atomic E-state index is 0.285. The first-order valence-corrected chi connectivity index (χ1v) is 10.9. The minimum Gasteiger partial charge on any atom is -0.488 e. The molecule has 2 aromatic heterocycles. The summed E-state index contributed by atoms with van der Waals surface area (Å²) in [4.78, 5) is 21.6. The van der Waals surface area contributed by atoms with Crippen molar-refractivity contribution in [3.63, 3.8) is 0 Å². The van der Waals surface area contributed by atoms with E-state index >= 15 is 0 Å². The lowest BCUT2D eigenvalue weighted by atomic mass is 10.1. The summed E-state index contributed by atoms with van der Waals surface area (Å²) in [7, 11) is 0. The second-order valence-corrected chi connectivity index (χ2v) is 8.16. The summed E-state index contributed by atoms with van der Waals surface area (Å²) in [6, 6.07) is 13.8. The van der Waals surface area contributed by atoms with Gasteiger partial charge in [0.15, 0.2) is 11.6 Å². The summed E-state index contributed by atoms with van der Waals surface area (Å²) >= 11 is 0. The van der Waals surface area contributed by atoms with Gasteiger partial charge in [0, 0.05) is 23.2 Å². The highest BCUT2D eigenvalue weighted by Gasteiger charge is 2.21. The van der Waals surface area contributed by atoms with Gasteiger partial charge in [0.2, 0.25) is 11.9 Å². The molecular formula is C25H24FN5O2. The Morgan fingerprint density at radius 1 is 1.18 bits per heavy atom. The summed E-state index contributed by atoms with van der Waals surface area (Å²) in [6.45, 7) is 2.93. The maximum Gasteiger partial charge on any atom is 0.249 e. The highest BCUT2D eigenvalue weighted by Crippen LogP contribution is 2.33. The fourth-order valence-corrected chi connectivity index (χ4v) is 4.27. The van der Waals surface area contributed by atoms with Crippen LogP contribution in [0.25, 0.3) is 16.9 Å². The number of ether oxygens (including phenoxy) is 1. The molecule has 1 aliphatic rings. The van der Waals surface area contributed by atoms with Crippen molar-refractivity contribution in [1.82, 2.24) is 14.5 Å². The lowest BCUT2D eigenvalue weighted by Crippen LogP contribution is -2.12. The van der Waals surface area contributed by atoms with E-state index in [0.29, 0.717) is 36.2 Å². The molecule has 0 atom stereocenters. The molecule has 0 saturated carbocycles. The fraction of sp³-hybridized carbons (Fsp3) is 0.240. The van der Waals surface area contributed by atoms with Gasteiger partial charge in [-0.3, -0.25) is 9.36 Å². The number of carbonyl (C=O) groups excluding carboxylic acids is 1. The van der Waals surface area contributed by atoms with Crippen LogP contribution in [0.15, 0.2) is 48.5 Å². The molecule has 7 nitrogen and oxygen atoms in total. The molecule has 1 aliphatic heterocycles. The highest BCUT2D eigenvalue weighted by molar-refractivity contribution is 6.06. The molecule has 2 aromatic carbocycles. The number of anilines is 1. The quantitative estimate of drug-likeness (QED) is 0.478. The van der Waals surface area contributed by atoms with Crippen LogP contribution < -0.4 is 15.8 Å². The second kappa shape index (κ2) is 8.54. The van der Waals surface area contributed by atoms with Crippen LogP contribution in [-0.4, -0.2) is 27.0 Å². The van der Waals surface area contributed by atoms with E-state index < -0.39 is 5.91 Å². The Bertz CT molecular complexity index is 1360. The lowest BCUT2D eigenvalue weighted by molar-refractivity contribution is 0.100. The zero-order valence-electron chi connectivity index (χ0n) is 18.3. The number of nitrogens with two attached hydrogens (primary N) is 1. The number of nitrogens with one attached hydrogen (secondary N) is 1. The third-order valence-corrected chi connectivity index (χ3v) is 5.82. The van der Waals surface area contributed by atoms with Crippen molar-refractivity contribution in [2.24, 2.45) is 5.73 Å². The number of benzene rings is 2. The van der Waals surface area contributed by atoms with Crippen molar-refractivity contribution >= 4 is 22.6 Å². The first-order valence-electron chi connectivity index (χ1n) is 10.9. The molecule has 0 radical (unpaired) electrons. The molecular weight excluding hydrogens is 421 g/mol. The Kier molecular flexibility index (Phi) is 5.42. The standard InChI is InChI=1S/C25H24FN5O2/c1-15-12-19-18(23(27)32)8-5-10-21(19)31(15)25-29-20-9-2-3-11-33-22(20)24(30-25)28-14-16-6-4-7-17(26)13-16/h4-8,10,12-13H,2-3,9,11,14H2,1H3,(H2,27,32)(H,28,29,30). The van der Waals surface area contributed by atoms with Crippen molar-refractivity contribution in [2.45, 2.75) is 32.7 Å². The maximum absolute atomic E-state index is 13.6. The molecule has 33 heavy (non-hydrogen) atoms. The number of carbonyl (C=O) groups is 1. The van der Waals surface area contributed by atoms with E-state index in [4.69, 9.17) is 20.4 Å². The van der Waals surface area contributed by atoms with Gasteiger partial charge in [-0.2, -0.15) is 4.98 Å². The fourth-order valence-electron chi connectivity index (χ4n) is 4.27. The van der Waals surface area contributed by atoms with Crippen molar-refractivity contribution in [3.8, 4) is 11.7 Å². The van der Waals surface area contributed by atoms with Gasteiger partial charge < -0.3 is 15.8 Å². The second-order valence-electron chi connectivity index (χ2n) is 8.16. The normalized spacial score (nSPS) is 13.3. The summed E-state index contributed by atoms with van der Waals surface area (Å²) in [5, 5.41) is 4.07. The van der Waals surface area contributed by atoms with Gasteiger partial charge in [0.05, 0.1) is 17.8 Å². The van der Waals surface area contributed by atoms with Crippen molar-refractivity contribution in [3.05, 3.63) is 76.9 Å². The van der Waals surface area contributed by atoms with Gasteiger partial charge in [-0.1, -0.05) is 18.2 Å². The topological polar surface area (TPSA) is 95.1 Å². The third-order valence-electron chi connectivity index (χ3n) is 5.82. The van der Waals surface area contributed by atoms with Gasteiger partial charge in [-0.05, 0) is 62.1 Å². The Balaban J connectivity index is 1.62. The van der Waals surface area contributed by atoms with E-state index in [0.717, 1.165) is 47.1 Å². The SMILES string of the molecule is Cc1cc2c(C(N)=O)cccc2n1-c1nc2c(c(NCc3cccc(F)c3)n1)OCCCC2. The van der Waals surface area contributed by atoms with E-state index in [1.807, 2.05) is 29.7 Å². The predicted molar refractivity (Wildman–Crippen MR) is 124 cm³/mol. The number of halogens is 1. The molecule has 4 aromatic rings. The number of hydrogen-bond donors (Lipinski definition) is 2. The number of aryl methyl sites for hydroxylation is 2. The van der Waals surface area contributed by atoms with Crippen LogP contribution in [0.4, 0.5) is 10.2 Å². The van der Waals surface area contributed by atoms with Crippen molar-refractivity contribution in [1.29, 1.82) is 0 Å². The van der Waals surface area contributed by atoms with E-state index in [-0.39, 0.29) is 5.82 Å². The third kappa shape index (κ3) is 4.00. The van der Waals surface area contributed by atoms with Crippen LogP contribution >= 0.6 is 0 Å². The van der Waals surface area contributed by atoms with Gasteiger partial charge in [0.1, 0.15) is 5.82 Å². The summed E-state index contributed by atoms with van der Waals surface area (Å²) in [5.41, 5.74) is 9.34. The van der Waals surface area contributed by atoms with Crippen LogP contribution in [0.3, 0.4) is 0 Å². The zero-order chi connectivity index (χ0) is 22.9. The Hall–Kier alpha value is -3.94. The summed E-state index contributed by atoms with van der Waals surface area (Å²) in [6.07, 6.45) is 2.66. The number of nitrogens with zero attached hydrogens (tertiary/aromatic N) is 3. The highest BCUT2D eigenvalue weighted by atomic mass is 19.1. The smallest absolute Gasteiger partial charge is 0.249 e. The van der Waals surface area contributed by atoms with Crippen LogP contribution in [0.5, 0.6) is 5.75 Å². The Labute approximate surface area is 190 Å². The Morgan fingerprint density at radius 2 is 2.03 bits per heavy atom. The van der Waals surface area contributed by atoms with Crippen LogP contribution in [0, 0.1) is 12.7 Å². The number of amides is 1. The van der Waals surface area contributed by atoms with Crippen LogP contribution in [0.2, 0.25) is 0 Å². The molecule has 0 unspecified atom stereocenters. The molecule has 168 valence electrons. The van der Waals surface area contributed by atoms with Gasteiger partial charge in [-0.25, -0.2) is 9.37 Å². The average molecular weight is 445 g/mol. The van der Waals surface area contributed by atoms with Gasteiger partial charge in [-0.15, -0.1) is 0 Å². The van der Waals surface area contributed by atoms with E-state index in [9.17, 15) is 9.18 Å². The summed E-state index contributed by atoms with van der Waals surface area (Å²) < 4.78 is 21.6. The van der Waals surface area contributed by atoms with Crippen LogP contribution in [-0.2, 0) is 13.0 Å². The molecule has 3 heterocycles. The molecule has 1 amide bonds. The molecule has 5 rings (SSSR count). The van der Waals surface area contributed by atoms with Gasteiger partial charge >= 0.3 is 0 Å². The first kappa shape index (κ1) is 20.9. The van der Waals surface area contributed by atoms with Crippen molar-refractivity contribution in [2.75, 3.05) is 11.9 Å². The minimum atomic E-state index is -0.480. The van der Waals surface area contributed by atoms with Crippen molar-refractivity contribution < 1.29 is 13.9 Å².